The summed E-state index contributed by atoms with van der Waals surface area (Å²) in [6.07, 6.45) is 10.6. The van der Waals surface area contributed by atoms with Crippen molar-refractivity contribution in [3.8, 4) is 0 Å². The van der Waals surface area contributed by atoms with E-state index in [9.17, 15) is 15.0 Å². The Bertz CT molecular complexity index is 268. The monoisotopic (exact) mass is 302 g/mol. The number of rotatable bonds is 14. The fourth-order valence-electron chi connectivity index (χ4n) is 2.61. The molecule has 4 nitrogen and oxygen atoms in total. The Labute approximate surface area is 129 Å². The lowest BCUT2D eigenvalue weighted by atomic mass is 9.87. The van der Waals surface area contributed by atoms with Gasteiger partial charge in [0.1, 0.15) is 6.10 Å². The van der Waals surface area contributed by atoms with Crippen LogP contribution in [0.3, 0.4) is 0 Å². The number of carbonyl (C=O) groups is 1. The predicted molar refractivity (Wildman–Crippen MR) is 85.2 cm³/mol. The molecule has 0 amide bonds. The third-order valence-electron chi connectivity index (χ3n) is 4.25. The highest BCUT2D eigenvalue weighted by Crippen LogP contribution is 2.21. The van der Waals surface area contributed by atoms with E-state index in [1.807, 2.05) is 0 Å². The van der Waals surface area contributed by atoms with Crippen molar-refractivity contribution >= 4 is 5.78 Å². The number of hydrogen-bond donors (Lipinski definition) is 3. The highest BCUT2D eigenvalue weighted by molar-refractivity contribution is 5.85. The summed E-state index contributed by atoms with van der Waals surface area (Å²) >= 11 is 0. The van der Waals surface area contributed by atoms with E-state index in [1.54, 1.807) is 0 Å². The summed E-state index contributed by atoms with van der Waals surface area (Å²) < 4.78 is 0. The average molecular weight is 302 g/mol. The maximum atomic E-state index is 11.4. The quantitative estimate of drug-likeness (QED) is 0.431. The number of hydrogen-bond acceptors (Lipinski definition) is 4. The SMILES string of the molecule is CCCCCCCCCCCCC(O)(C(C)=O)C(O)CO. The lowest BCUT2D eigenvalue weighted by Crippen LogP contribution is -2.50. The maximum Gasteiger partial charge on any atom is 0.164 e. The van der Waals surface area contributed by atoms with Gasteiger partial charge in [-0.3, -0.25) is 4.79 Å². The van der Waals surface area contributed by atoms with Crippen LogP contribution in [0.2, 0.25) is 0 Å². The second-order valence-corrected chi connectivity index (χ2v) is 6.11. The van der Waals surface area contributed by atoms with E-state index in [1.165, 1.54) is 51.9 Å². The van der Waals surface area contributed by atoms with E-state index < -0.39 is 24.1 Å². The van der Waals surface area contributed by atoms with Crippen molar-refractivity contribution in [1.29, 1.82) is 0 Å². The van der Waals surface area contributed by atoms with E-state index in [0.717, 1.165) is 12.8 Å². The summed E-state index contributed by atoms with van der Waals surface area (Å²) in [5, 5.41) is 28.6. The minimum absolute atomic E-state index is 0.223. The fourth-order valence-corrected chi connectivity index (χ4v) is 2.61. The number of ketones is 1. The van der Waals surface area contributed by atoms with Crippen molar-refractivity contribution in [2.45, 2.75) is 96.2 Å². The van der Waals surface area contributed by atoms with Gasteiger partial charge in [-0.25, -0.2) is 0 Å². The number of unbranched alkanes of at least 4 members (excludes halogenated alkanes) is 9. The molecule has 0 aromatic heterocycles. The van der Waals surface area contributed by atoms with Crippen LogP contribution in [0.4, 0.5) is 0 Å². The van der Waals surface area contributed by atoms with Gasteiger partial charge in [0.15, 0.2) is 11.4 Å². The fraction of sp³-hybridized carbons (Fsp3) is 0.941. The summed E-state index contributed by atoms with van der Waals surface area (Å²) in [4.78, 5) is 11.4. The third kappa shape index (κ3) is 8.54. The molecule has 0 aliphatic rings. The Morgan fingerprint density at radius 3 is 1.76 bits per heavy atom. The molecule has 0 heterocycles. The van der Waals surface area contributed by atoms with Gasteiger partial charge in [-0.1, -0.05) is 71.1 Å². The van der Waals surface area contributed by atoms with E-state index >= 15 is 0 Å². The topological polar surface area (TPSA) is 77.8 Å². The molecule has 4 heteroatoms. The summed E-state index contributed by atoms with van der Waals surface area (Å²) in [6, 6.07) is 0. The van der Waals surface area contributed by atoms with Crippen molar-refractivity contribution in [3.63, 3.8) is 0 Å². The Balaban J connectivity index is 3.66. The zero-order valence-electron chi connectivity index (χ0n) is 13.8. The van der Waals surface area contributed by atoms with Crippen LogP contribution < -0.4 is 0 Å². The second kappa shape index (κ2) is 12.1. The predicted octanol–water partition coefficient (Wildman–Crippen LogP) is 2.97. The summed E-state index contributed by atoms with van der Waals surface area (Å²) in [6.45, 7) is 2.89. The molecule has 126 valence electrons. The first-order chi connectivity index (χ1) is 9.99. The van der Waals surface area contributed by atoms with Gasteiger partial charge in [0.25, 0.3) is 0 Å². The van der Waals surface area contributed by atoms with Crippen LogP contribution in [-0.2, 0) is 4.79 Å². The van der Waals surface area contributed by atoms with Crippen LogP contribution in [0, 0.1) is 0 Å². The molecular weight excluding hydrogens is 268 g/mol. The van der Waals surface area contributed by atoms with Gasteiger partial charge < -0.3 is 15.3 Å². The van der Waals surface area contributed by atoms with Crippen LogP contribution in [0.15, 0.2) is 0 Å². The number of aliphatic hydroxyl groups is 3. The molecule has 0 rings (SSSR count). The highest BCUT2D eigenvalue weighted by Gasteiger charge is 2.39. The maximum absolute atomic E-state index is 11.4. The zero-order valence-corrected chi connectivity index (χ0v) is 13.8. The first-order valence-corrected chi connectivity index (χ1v) is 8.51. The zero-order chi connectivity index (χ0) is 16.1. The van der Waals surface area contributed by atoms with Gasteiger partial charge in [-0.05, 0) is 13.3 Å². The molecule has 0 aliphatic carbocycles. The molecular formula is C17H34O4. The summed E-state index contributed by atoms with van der Waals surface area (Å²) in [7, 11) is 0. The van der Waals surface area contributed by atoms with Gasteiger partial charge in [-0.2, -0.15) is 0 Å². The Kier molecular flexibility index (Phi) is 11.9. The number of aliphatic hydroxyl groups excluding tert-OH is 2. The van der Waals surface area contributed by atoms with Crippen LogP contribution in [0.5, 0.6) is 0 Å². The smallest absolute Gasteiger partial charge is 0.164 e. The molecule has 0 aromatic carbocycles. The van der Waals surface area contributed by atoms with Crippen molar-refractivity contribution in [1.82, 2.24) is 0 Å². The Hall–Kier alpha value is -0.450. The van der Waals surface area contributed by atoms with E-state index in [-0.39, 0.29) is 6.42 Å². The molecule has 2 atom stereocenters. The Morgan fingerprint density at radius 1 is 0.952 bits per heavy atom. The molecule has 0 bridgehead atoms. The number of Topliss-reactive ketones (excluding diaryl/α,β-unsaturated/α-hetero) is 1. The van der Waals surface area contributed by atoms with Gasteiger partial charge in [0, 0.05) is 0 Å². The van der Waals surface area contributed by atoms with Crippen LogP contribution >= 0.6 is 0 Å². The first-order valence-electron chi connectivity index (χ1n) is 8.51. The lowest BCUT2D eigenvalue weighted by molar-refractivity contribution is -0.153. The molecule has 2 unspecified atom stereocenters. The molecule has 0 saturated heterocycles. The van der Waals surface area contributed by atoms with Crippen LogP contribution in [-0.4, -0.2) is 39.4 Å². The normalized spacial score (nSPS) is 15.7. The molecule has 0 aliphatic heterocycles. The third-order valence-corrected chi connectivity index (χ3v) is 4.25. The highest BCUT2D eigenvalue weighted by atomic mass is 16.4. The summed E-state index contributed by atoms with van der Waals surface area (Å²) in [5.74, 6) is -0.472. The average Bonchev–Trinajstić information content (AvgIpc) is 2.47. The molecule has 0 aromatic rings. The van der Waals surface area contributed by atoms with Crippen molar-refractivity contribution < 1.29 is 20.1 Å². The molecule has 0 radical (unpaired) electrons. The van der Waals surface area contributed by atoms with E-state index in [2.05, 4.69) is 6.92 Å². The van der Waals surface area contributed by atoms with Crippen molar-refractivity contribution in [3.05, 3.63) is 0 Å². The molecule has 3 N–H and O–H groups in total. The second-order valence-electron chi connectivity index (χ2n) is 6.11. The standard InChI is InChI=1S/C17H34O4/c1-3-4-5-6-7-8-9-10-11-12-13-17(21,15(2)19)16(20)14-18/h16,18,20-21H,3-14H2,1-2H3. The minimum Gasteiger partial charge on any atom is -0.394 e. The van der Waals surface area contributed by atoms with Gasteiger partial charge >= 0.3 is 0 Å². The van der Waals surface area contributed by atoms with Gasteiger partial charge in [0.05, 0.1) is 6.61 Å². The Morgan fingerprint density at radius 2 is 1.38 bits per heavy atom. The van der Waals surface area contributed by atoms with Crippen LogP contribution in [0.25, 0.3) is 0 Å². The molecule has 0 saturated carbocycles. The van der Waals surface area contributed by atoms with Gasteiger partial charge in [-0.15, -0.1) is 0 Å². The molecule has 0 fully saturated rings. The lowest BCUT2D eigenvalue weighted by Gasteiger charge is -2.29. The van der Waals surface area contributed by atoms with Gasteiger partial charge in [0.2, 0.25) is 0 Å². The first kappa shape index (κ1) is 20.6. The van der Waals surface area contributed by atoms with Crippen molar-refractivity contribution in [2.24, 2.45) is 0 Å². The summed E-state index contributed by atoms with van der Waals surface area (Å²) in [5.41, 5.74) is -1.78. The largest absolute Gasteiger partial charge is 0.394 e. The molecule has 0 spiro atoms. The van der Waals surface area contributed by atoms with E-state index in [0.29, 0.717) is 6.42 Å². The number of carbonyl (C=O) groups excluding carboxylic acids is 1. The molecule has 21 heavy (non-hydrogen) atoms. The van der Waals surface area contributed by atoms with Crippen LogP contribution in [0.1, 0.15) is 84.5 Å². The van der Waals surface area contributed by atoms with Crippen molar-refractivity contribution in [2.75, 3.05) is 6.61 Å². The minimum atomic E-state index is -1.78. The van der Waals surface area contributed by atoms with E-state index in [4.69, 9.17) is 5.11 Å².